The van der Waals surface area contributed by atoms with Crippen LogP contribution in [0.2, 0.25) is 0 Å². The summed E-state index contributed by atoms with van der Waals surface area (Å²) in [6, 6.07) is 4.29. The van der Waals surface area contributed by atoms with Gasteiger partial charge in [-0.15, -0.1) is 0 Å². The second-order valence-corrected chi connectivity index (χ2v) is 4.48. The molecule has 4 nitrogen and oxygen atoms in total. The van der Waals surface area contributed by atoms with Crippen molar-refractivity contribution in [1.82, 2.24) is 4.90 Å². The van der Waals surface area contributed by atoms with Gasteiger partial charge in [-0.1, -0.05) is 0 Å². The predicted octanol–water partition coefficient (Wildman–Crippen LogP) is 2.39. The Morgan fingerprint density at radius 3 is 2.58 bits per heavy atom. The summed E-state index contributed by atoms with van der Waals surface area (Å²) in [6.07, 6.45) is 0.818. The minimum Gasteiger partial charge on any atom is -0.496 e. The van der Waals surface area contributed by atoms with Crippen molar-refractivity contribution in [3.8, 4) is 5.75 Å². The molecule has 5 heteroatoms. The van der Waals surface area contributed by atoms with Crippen LogP contribution in [0.3, 0.4) is 0 Å². The summed E-state index contributed by atoms with van der Waals surface area (Å²) < 4.78 is 23.3. The fraction of sp³-hybridized carbons (Fsp3) is 0.500. The van der Waals surface area contributed by atoms with Crippen LogP contribution in [0.1, 0.15) is 24.4 Å². The van der Waals surface area contributed by atoms with E-state index in [0.717, 1.165) is 5.56 Å². The summed E-state index contributed by atoms with van der Waals surface area (Å²) in [5.41, 5.74) is 0.733. The fourth-order valence-electron chi connectivity index (χ4n) is 2.01. The summed E-state index contributed by atoms with van der Waals surface area (Å²) in [7, 11) is 6.66. The Morgan fingerprint density at radius 1 is 1.37 bits per heavy atom. The van der Waals surface area contributed by atoms with Crippen LogP contribution in [-0.4, -0.2) is 39.2 Å². The molecule has 0 saturated carbocycles. The lowest BCUT2D eigenvalue weighted by Gasteiger charge is -2.26. The summed E-state index contributed by atoms with van der Waals surface area (Å²) in [5.74, 6) is 0.0212. The highest BCUT2D eigenvalue weighted by molar-refractivity contribution is 5.69. The van der Waals surface area contributed by atoms with Crippen molar-refractivity contribution in [2.24, 2.45) is 0 Å². The van der Waals surface area contributed by atoms with E-state index in [1.54, 1.807) is 13.2 Å². The van der Waals surface area contributed by atoms with Gasteiger partial charge < -0.3 is 14.4 Å². The Kier molecular flexibility index (Phi) is 5.76. The molecular formula is C14H20FNO3. The quantitative estimate of drug-likeness (QED) is 0.743. The van der Waals surface area contributed by atoms with E-state index in [0.29, 0.717) is 12.2 Å². The molecule has 0 bridgehead atoms. The van der Waals surface area contributed by atoms with Crippen molar-refractivity contribution in [2.75, 3.05) is 28.3 Å². The maximum atomic E-state index is 13.4. The Morgan fingerprint density at radius 2 is 2.05 bits per heavy atom. The monoisotopic (exact) mass is 269 g/mol. The number of nitrogens with zero attached hydrogens (tertiary/aromatic N) is 1. The average molecular weight is 269 g/mol. The number of hydrogen-bond donors (Lipinski definition) is 0. The molecule has 0 radical (unpaired) electrons. The highest BCUT2D eigenvalue weighted by atomic mass is 19.1. The van der Waals surface area contributed by atoms with Gasteiger partial charge in [0.25, 0.3) is 0 Å². The minimum absolute atomic E-state index is 0.107. The first-order valence-electron chi connectivity index (χ1n) is 6.06. The number of methoxy groups -OCH3 is 2. The molecule has 0 spiro atoms. The Bertz CT molecular complexity index is 435. The maximum Gasteiger partial charge on any atom is 0.305 e. The van der Waals surface area contributed by atoms with Gasteiger partial charge in [-0.3, -0.25) is 4.79 Å². The third-order valence-corrected chi connectivity index (χ3v) is 3.02. The lowest BCUT2D eigenvalue weighted by Crippen LogP contribution is -2.22. The number of hydrogen-bond acceptors (Lipinski definition) is 4. The molecule has 19 heavy (non-hydrogen) atoms. The van der Waals surface area contributed by atoms with E-state index in [9.17, 15) is 9.18 Å². The van der Waals surface area contributed by atoms with Gasteiger partial charge in [0.05, 0.1) is 14.2 Å². The number of benzene rings is 1. The number of esters is 1. The molecule has 106 valence electrons. The molecule has 1 rings (SSSR count). The van der Waals surface area contributed by atoms with Crippen molar-refractivity contribution in [3.63, 3.8) is 0 Å². The van der Waals surface area contributed by atoms with Gasteiger partial charge in [0.1, 0.15) is 11.6 Å². The molecule has 1 aromatic rings. The van der Waals surface area contributed by atoms with Crippen LogP contribution in [0.5, 0.6) is 5.75 Å². The molecule has 1 atom stereocenters. The predicted molar refractivity (Wildman–Crippen MR) is 70.6 cm³/mol. The average Bonchev–Trinajstić information content (AvgIpc) is 2.38. The maximum absolute atomic E-state index is 13.4. The van der Waals surface area contributed by atoms with Gasteiger partial charge in [0.2, 0.25) is 0 Å². The first-order valence-corrected chi connectivity index (χ1v) is 6.06. The third kappa shape index (κ3) is 4.21. The van der Waals surface area contributed by atoms with E-state index >= 15 is 0 Å². The first-order chi connectivity index (χ1) is 8.99. The van der Waals surface area contributed by atoms with Crippen LogP contribution in [0.25, 0.3) is 0 Å². The van der Waals surface area contributed by atoms with Crippen molar-refractivity contribution < 1.29 is 18.7 Å². The van der Waals surface area contributed by atoms with Crippen LogP contribution in [0, 0.1) is 5.82 Å². The van der Waals surface area contributed by atoms with Crippen LogP contribution in [0.15, 0.2) is 18.2 Å². The van der Waals surface area contributed by atoms with Crippen LogP contribution < -0.4 is 4.74 Å². The van der Waals surface area contributed by atoms with Gasteiger partial charge in [-0.2, -0.15) is 0 Å². The molecule has 0 aliphatic heterocycles. The SMILES string of the molecule is COC(=O)CCC(c1cc(F)ccc1OC)N(C)C. The second kappa shape index (κ2) is 7.09. The zero-order valence-electron chi connectivity index (χ0n) is 11.8. The van der Waals surface area contributed by atoms with Crippen LogP contribution >= 0.6 is 0 Å². The number of ether oxygens (including phenoxy) is 2. The van der Waals surface area contributed by atoms with Crippen molar-refractivity contribution in [2.45, 2.75) is 18.9 Å². The van der Waals surface area contributed by atoms with Crippen molar-refractivity contribution in [3.05, 3.63) is 29.6 Å². The van der Waals surface area contributed by atoms with E-state index in [-0.39, 0.29) is 24.2 Å². The topological polar surface area (TPSA) is 38.8 Å². The lowest BCUT2D eigenvalue weighted by atomic mass is 9.99. The highest BCUT2D eigenvalue weighted by Gasteiger charge is 2.20. The van der Waals surface area contributed by atoms with Gasteiger partial charge in [0.15, 0.2) is 0 Å². The van der Waals surface area contributed by atoms with Gasteiger partial charge in [-0.25, -0.2) is 4.39 Å². The Balaban J connectivity index is 2.98. The van der Waals surface area contributed by atoms with Crippen LogP contribution in [-0.2, 0) is 9.53 Å². The minimum atomic E-state index is -0.319. The number of carbonyl (C=O) groups excluding carboxylic acids is 1. The van der Waals surface area contributed by atoms with E-state index < -0.39 is 0 Å². The number of rotatable bonds is 6. The molecule has 0 N–H and O–H groups in total. The largest absolute Gasteiger partial charge is 0.496 e. The molecule has 0 aliphatic carbocycles. The summed E-state index contributed by atoms with van der Waals surface area (Å²) in [6.45, 7) is 0. The molecule has 0 fully saturated rings. The van der Waals surface area contributed by atoms with Crippen molar-refractivity contribution >= 4 is 5.97 Å². The molecular weight excluding hydrogens is 249 g/mol. The van der Waals surface area contributed by atoms with E-state index in [1.165, 1.54) is 19.2 Å². The summed E-state index contributed by atoms with van der Waals surface area (Å²) in [5, 5.41) is 0. The molecule has 0 aliphatic rings. The third-order valence-electron chi connectivity index (χ3n) is 3.02. The van der Waals surface area contributed by atoms with E-state index in [1.807, 2.05) is 19.0 Å². The molecule has 1 aromatic carbocycles. The fourth-order valence-corrected chi connectivity index (χ4v) is 2.01. The summed E-state index contributed by atoms with van der Waals surface area (Å²) >= 11 is 0. The number of carbonyl (C=O) groups is 1. The standard InChI is InChI=1S/C14H20FNO3/c1-16(2)12(6-8-14(17)19-4)11-9-10(15)5-7-13(11)18-3/h5,7,9,12H,6,8H2,1-4H3. The summed E-state index contributed by atoms with van der Waals surface area (Å²) in [4.78, 5) is 13.2. The second-order valence-electron chi connectivity index (χ2n) is 4.48. The zero-order chi connectivity index (χ0) is 14.4. The molecule has 1 unspecified atom stereocenters. The normalized spacial score (nSPS) is 12.3. The van der Waals surface area contributed by atoms with Gasteiger partial charge in [0, 0.05) is 18.0 Å². The van der Waals surface area contributed by atoms with Gasteiger partial charge >= 0.3 is 5.97 Å². The molecule has 0 aromatic heterocycles. The number of halogens is 1. The van der Waals surface area contributed by atoms with Gasteiger partial charge in [-0.05, 0) is 38.7 Å². The first kappa shape index (κ1) is 15.4. The van der Waals surface area contributed by atoms with Crippen LogP contribution in [0.4, 0.5) is 4.39 Å². The van der Waals surface area contributed by atoms with E-state index in [2.05, 4.69) is 4.74 Å². The molecule has 0 heterocycles. The van der Waals surface area contributed by atoms with Crippen molar-refractivity contribution in [1.29, 1.82) is 0 Å². The van der Waals surface area contributed by atoms with E-state index in [4.69, 9.17) is 4.74 Å². The highest BCUT2D eigenvalue weighted by Crippen LogP contribution is 2.32. The molecule has 0 saturated heterocycles. The Hall–Kier alpha value is -1.62. The zero-order valence-corrected chi connectivity index (χ0v) is 11.8. The smallest absolute Gasteiger partial charge is 0.305 e. The molecule has 0 amide bonds. The lowest BCUT2D eigenvalue weighted by molar-refractivity contribution is -0.141. The Labute approximate surface area is 113 Å².